The first-order chi connectivity index (χ1) is 8.61. The Kier molecular flexibility index (Phi) is 5.98. The molecule has 0 fully saturated rings. The quantitative estimate of drug-likeness (QED) is 0.807. The maximum atomic E-state index is 13.5. The Balaban J connectivity index is 2.80. The van der Waals surface area contributed by atoms with Crippen LogP contribution in [0, 0.1) is 5.82 Å². The number of hydrogen-bond acceptors (Lipinski definition) is 3. The normalized spacial score (nSPS) is 10.2. The molecule has 0 aliphatic carbocycles. The third-order valence-electron chi connectivity index (χ3n) is 2.68. The number of amides is 1. The minimum atomic E-state index is -0.402. The molecule has 3 nitrogen and oxygen atoms in total. The van der Waals surface area contributed by atoms with E-state index in [2.05, 4.69) is 5.32 Å². The van der Waals surface area contributed by atoms with Crippen molar-refractivity contribution in [3.05, 3.63) is 29.6 Å². The minimum absolute atomic E-state index is 0.153. The smallest absolute Gasteiger partial charge is 0.255 e. The van der Waals surface area contributed by atoms with Crippen LogP contribution in [0.25, 0.3) is 0 Å². The van der Waals surface area contributed by atoms with Crippen molar-refractivity contribution in [1.29, 1.82) is 0 Å². The molecule has 1 rings (SSSR count). The second-order valence-electron chi connectivity index (χ2n) is 3.99. The lowest BCUT2D eigenvalue weighted by Gasteiger charge is -2.19. The monoisotopic (exact) mass is 270 g/mol. The van der Waals surface area contributed by atoms with Crippen LogP contribution in [-0.2, 0) is 0 Å². The van der Waals surface area contributed by atoms with Crippen LogP contribution in [0.4, 0.5) is 10.1 Å². The summed E-state index contributed by atoms with van der Waals surface area (Å²) in [5.74, 6) is 0.459. The van der Waals surface area contributed by atoms with E-state index in [9.17, 15) is 9.18 Å². The van der Waals surface area contributed by atoms with E-state index in [0.717, 1.165) is 12.2 Å². The van der Waals surface area contributed by atoms with E-state index in [4.69, 9.17) is 0 Å². The Morgan fingerprint density at radius 2 is 2.22 bits per heavy atom. The molecule has 1 aromatic rings. The molecule has 1 N–H and O–H groups in total. The lowest BCUT2D eigenvalue weighted by Crippen LogP contribution is -2.28. The third kappa shape index (κ3) is 3.63. The first kappa shape index (κ1) is 14.8. The largest absolute Gasteiger partial charge is 0.385 e. The van der Waals surface area contributed by atoms with Crippen molar-refractivity contribution in [2.75, 3.05) is 38.0 Å². The van der Waals surface area contributed by atoms with Crippen molar-refractivity contribution in [2.24, 2.45) is 0 Å². The highest BCUT2D eigenvalue weighted by molar-refractivity contribution is 7.98. The molecule has 0 spiro atoms. The summed E-state index contributed by atoms with van der Waals surface area (Å²) in [6.45, 7) is 0.680. The summed E-state index contributed by atoms with van der Waals surface area (Å²) in [4.78, 5) is 13.8. The maximum absolute atomic E-state index is 13.5. The highest BCUT2D eigenvalue weighted by atomic mass is 32.2. The summed E-state index contributed by atoms with van der Waals surface area (Å²) in [6, 6.07) is 4.54. The topological polar surface area (TPSA) is 32.3 Å². The van der Waals surface area contributed by atoms with Crippen molar-refractivity contribution in [3.63, 3.8) is 0 Å². The van der Waals surface area contributed by atoms with Gasteiger partial charge in [0.2, 0.25) is 0 Å². The number of nitrogens with zero attached hydrogens (tertiary/aromatic N) is 1. The van der Waals surface area contributed by atoms with E-state index in [1.807, 2.05) is 6.26 Å². The number of carbonyl (C=O) groups is 1. The third-order valence-corrected chi connectivity index (χ3v) is 3.38. The first-order valence-electron chi connectivity index (χ1n) is 5.82. The fourth-order valence-corrected chi connectivity index (χ4v) is 2.13. The SMILES string of the molecule is CNc1c(F)cccc1C(=O)N(C)CCCSC. The molecule has 18 heavy (non-hydrogen) atoms. The molecule has 0 aromatic heterocycles. The van der Waals surface area contributed by atoms with Gasteiger partial charge in [-0.15, -0.1) is 0 Å². The van der Waals surface area contributed by atoms with Gasteiger partial charge in [0, 0.05) is 20.6 Å². The summed E-state index contributed by atoms with van der Waals surface area (Å²) in [7, 11) is 3.36. The van der Waals surface area contributed by atoms with Crippen molar-refractivity contribution in [1.82, 2.24) is 4.90 Å². The lowest BCUT2D eigenvalue weighted by molar-refractivity contribution is 0.0796. The zero-order valence-corrected chi connectivity index (χ0v) is 11.8. The van der Waals surface area contributed by atoms with Crippen LogP contribution >= 0.6 is 11.8 Å². The van der Waals surface area contributed by atoms with E-state index in [1.165, 1.54) is 6.07 Å². The molecule has 0 bridgehead atoms. The zero-order chi connectivity index (χ0) is 13.5. The van der Waals surface area contributed by atoms with Crippen molar-refractivity contribution < 1.29 is 9.18 Å². The number of carbonyl (C=O) groups excluding carboxylic acids is 1. The zero-order valence-electron chi connectivity index (χ0n) is 11.0. The molecule has 5 heteroatoms. The van der Waals surface area contributed by atoms with Gasteiger partial charge in [0.05, 0.1) is 11.3 Å². The Morgan fingerprint density at radius 1 is 1.50 bits per heavy atom. The van der Waals surface area contributed by atoms with Gasteiger partial charge in [-0.3, -0.25) is 4.79 Å². The highest BCUT2D eigenvalue weighted by Crippen LogP contribution is 2.20. The summed E-state index contributed by atoms with van der Waals surface area (Å²) >= 11 is 1.75. The number of para-hydroxylation sites is 1. The van der Waals surface area contributed by atoms with Gasteiger partial charge in [-0.1, -0.05) is 6.07 Å². The van der Waals surface area contributed by atoms with Gasteiger partial charge in [0.25, 0.3) is 5.91 Å². The van der Waals surface area contributed by atoms with E-state index in [-0.39, 0.29) is 11.6 Å². The van der Waals surface area contributed by atoms with E-state index < -0.39 is 5.82 Å². The Hall–Kier alpha value is -1.23. The highest BCUT2D eigenvalue weighted by Gasteiger charge is 2.17. The number of benzene rings is 1. The molecule has 0 aliphatic heterocycles. The predicted octanol–water partition coefficient (Wildman–Crippen LogP) is 2.69. The fourth-order valence-electron chi connectivity index (χ4n) is 1.71. The molecule has 1 amide bonds. The Labute approximate surface area is 112 Å². The van der Waals surface area contributed by atoms with Crippen LogP contribution in [0.5, 0.6) is 0 Å². The molecule has 1 aromatic carbocycles. The molecular weight excluding hydrogens is 251 g/mol. The second kappa shape index (κ2) is 7.26. The minimum Gasteiger partial charge on any atom is -0.385 e. The molecule has 0 saturated heterocycles. The average Bonchev–Trinajstić information content (AvgIpc) is 2.37. The predicted molar refractivity (Wildman–Crippen MR) is 75.9 cm³/mol. The van der Waals surface area contributed by atoms with Crippen molar-refractivity contribution in [3.8, 4) is 0 Å². The first-order valence-corrected chi connectivity index (χ1v) is 7.21. The average molecular weight is 270 g/mol. The number of nitrogens with one attached hydrogen (secondary N) is 1. The summed E-state index contributed by atoms with van der Waals surface area (Å²) in [5.41, 5.74) is 0.642. The number of rotatable bonds is 6. The van der Waals surface area contributed by atoms with Gasteiger partial charge in [0.1, 0.15) is 5.82 Å². The number of hydrogen-bond donors (Lipinski definition) is 1. The van der Waals surface area contributed by atoms with Crippen LogP contribution in [0.1, 0.15) is 16.8 Å². The molecular formula is C13H19FN2OS. The van der Waals surface area contributed by atoms with Crippen molar-refractivity contribution >= 4 is 23.4 Å². The molecule has 0 atom stereocenters. The van der Waals surface area contributed by atoms with Crippen LogP contribution in [0.2, 0.25) is 0 Å². The van der Waals surface area contributed by atoms with Gasteiger partial charge in [-0.2, -0.15) is 11.8 Å². The van der Waals surface area contributed by atoms with Gasteiger partial charge < -0.3 is 10.2 Å². The second-order valence-corrected chi connectivity index (χ2v) is 4.97. The Bertz CT molecular complexity index is 412. The van der Waals surface area contributed by atoms with Crippen molar-refractivity contribution in [2.45, 2.75) is 6.42 Å². The van der Waals surface area contributed by atoms with E-state index in [0.29, 0.717) is 12.1 Å². The maximum Gasteiger partial charge on any atom is 0.255 e. The van der Waals surface area contributed by atoms with Gasteiger partial charge in [0.15, 0.2) is 0 Å². The Morgan fingerprint density at radius 3 is 2.83 bits per heavy atom. The summed E-state index contributed by atoms with van der Waals surface area (Å²) < 4.78 is 13.5. The standard InChI is InChI=1S/C13H19FN2OS/c1-15-12-10(6-4-7-11(12)14)13(17)16(2)8-5-9-18-3/h4,6-7,15H,5,8-9H2,1-3H3. The van der Waals surface area contributed by atoms with E-state index in [1.54, 1.807) is 42.9 Å². The molecule has 0 aliphatic rings. The molecule has 100 valence electrons. The number of anilines is 1. The van der Waals surface area contributed by atoms with Gasteiger partial charge in [-0.25, -0.2) is 4.39 Å². The van der Waals surface area contributed by atoms with E-state index >= 15 is 0 Å². The lowest BCUT2D eigenvalue weighted by atomic mass is 10.1. The van der Waals surface area contributed by atoms with Gasteiger partial charge in [-0.05, 0) is 30.6 Å². The van der Waals surface area contributed by atoms with Crippen LogP contribution in [0.15, 0.2) is 18.2 Å². The van der Waals surface area contributed by atoms with Crippen LogP contribution in [0.3, 0.4) is 0 Å². The molecule has 0 unspecified atom stereocenters. The number of halogens is 1. The van der Waals surface area contributed by atoms with Gasteiger partial charge >= 0.3 is 0 Å². The summed E-state index contributed by atoms with van der Waals surface area (Å²) in [5, 5.41) is 2.74. The van der Waals surface area contributed by atoms with Crippen LogP contribution in [-0.4, -0.2) is 43.5 Å². The molecule has 0 saturated carbocycles. The summed E-state index contributed by atoms with van der Waals surface area (Å²) in [6.07, 6.45) is 2.97. The molecule has 0 heterocycles. The molecule has 0 radical (unpaired) electrons. The van der Waals surface area contributed by atoms with Crippen LogP contribution < -0.4 is 5.32 Å². The number of thioether (sulfide) groups is 1. The fraction of sp³-hybridized carbons (Fsp3) is 0.462.